The maximum atomic E-state index is 11.8. The zero-order chi connectivity index (χ0) is 17.3. The Bertz CT molecular complexity index is 889. The van der Waals surface area contributed by atoms with Crippen molar-refractivity contribution < 1.29 is 4.79 Å². The molecule has 1 heterocycles. The largest absolute Gasteiger partial charge is 0.366 e. The van der Waals surface area contributed by atoms with Gasteiger partial charge in [-0.15, -0.1) is 0 Å². The molecule has 0 bridgehead atoms. The Morgan fingerprint density at radius 2 is 1.67 bits per heavy atom. The molecule has 3 nitrogen and oxygen atoms in total. The summed E-state index contributed by atoms with van der Waals surface area (Å²) < 4.78 is 2.17. The maximum absolute atomic E-state index is 11.8. The Balaban J connectivity index is 2.12. The number of carbonyl (C=O) groups excluding carboxylic acids is 1. The highest BCUT2D eigenvalue weighted by Crippen LogP contribution is 2.27. The number of rotatable bonds is 4. The van der Waals surface area contributed by atoms with E-state index in [1.165, 1.54) is 16.7 Å². The molecule has 0 unspecified atom stereocenters. The molecule has 0 fully saturated rings. The van der Waals surface area contributed by atoms with Gasteiger partial charge >= 0.3 is 0 Å². The molecule has 0 aliphatic heterocycles. The lowest BCUT2D eigenvalue weighted by molar-refractivity contribution is 0.0999. The molecule has 3 rings (SSSR count). The molecule has 122 valence electrons. The number of aromatic nitrogens is 1. The second-order valence-electron chi connectivity index (χ2n) is 6.33. The van der Waals surface area contributed by atoms with E-state index in [0.717, 1.165) is 17.0 Å². The highest BCUT2D eigenvalue weighted by Gasteiger charge is 2.17. The van der Waals surface area contributed by atoms with Crippen molar-refractivity contribution >= 4 is 5.91 Å². The van der Waals surface area contributed by atoms with Crippen molar-refractivity contribution in [1.29, 1.82) is 0 Å². The molecule has 0 saturated heterocycles. The molecule has 0 aliphatic rings. The van der Waals surface area contributed by atoms with Gasteiger partial charge in [0, 0.05) is 17.9 Å². The lowest BCUT2D eigenvalue weighted by atomic mass is 10.1. The molecule has 0 aliphatic carbocycles. The van der Waals surface area contributed by atoms with Crippen LogP contribution in [-0.2, 0) is 6.54 Å². The van der Waals surface area contributed by atoms with Crippen molar-refractivity contribution in [3.8, 4) is 11.3 Å². The van der Waals surface area contributed by atoms with Crippen LogP contribution in [0.3, 0.4) is 0 Å². The molecule has 0 spiro atoms. The van der Waals surface area contributed by atoms with Crippen molar-refractivity contribution in [3.05, 3.63) is 82.5 Å². The summed E-state index contributed by atoms with van der Waals surface area (Å²) in [6, 6.07) is 18.7. The topological polar surface area (TPSA) is 48.0 Å². The summed E-state index contributed by atoms with van der Waals surface area (Å²) in [6.07, 6.45) is 0. The standard InChI is InChI=1S/C21H22N2O/c1-14-7-9-18(10-8-14)20-12-19(21(22)24)16(3)23(20)13-17-6-4-5-15(2)11-17/h4-12H,13H2,1-3H3,(H2,22,24). The summed E-state index contributed by atoms with van der Waals surface area (Å²) in [5.74, 6) is -0.385. The SMILES string of the molecule is Cc1ccc(-c2cc(C(N)=O)c(C)n2Cc2cccc(C)c2)cc1. The predicted octanol–water partition coefficient (Wildman–Crippen LogP) is 4.23. The summed E-state index contributed by atoms with van der Waals surface area (Å²) in [6.45, 7) is 6.81. The van der Waals surface area contributed by atoms with Crippen LogP contribution in [0.15, 0.2) is 54.6 Å². The van der Waals surface area contributed by atoms with Gasteiger partial charge in [-0.25, -0.2) is 0 Å². The average molecular weight is 318 g/mol. The van der Waals surface area contributed by atoms with Gasteiger partial charge in [-0.1, -0.05) is 59.7 Å². The molecule has 0 atom stereocenters. The van der Waals surface area contributed by atoms with Crippen LogP contribution in [0.1, 0.15) is 32.7 Å². The maximum Gasteiger partial charge on any atom is 0.250 e. The summed E-state index contributed by atoms with van der Waals surface area (Å²) in [4.78, 5) is 11.8. The van der Waals surface area contributed by atoms with Crippen LogP contribution in [0.2, 0.25) is 0 Å². The van der Waals surface area contributed by atoms with Gasteiger partial charge in [0.2, 0.25) is 0 Å². The smallest absolute Gasteiger partial charge is 0.250 e. The first-order valence-electron chi connectivity index (χ1n) is 8.08. The number of nitrogens with zero attached hydrogens (tertiary/aromatic N) is 1. The third-order valence-electron chi connectivity index (χ3n) is 4.40. The average Bonchev–Trinajstić information content (AvgIpc) is 2.86. The van der Waals surface area contributed by atoms with Gasteiger partial charge in [0.1, 0.15) is 0 Å². The highest BCUT2D eigenvalue weighted by atomic mass is 16.1. The normalized spacial score (nSPS) is 10.8. The van der Waals surface area contributed by atoms with Gasteiger partial charge in [-0.3, -0.25) is 4.79 Å². The van der Waals surface area contributed by atoms with Crippen molar-refractivity contribution in [3.63, 3.8) is 0 Å². The minimum absolute atomic E-state index is 0.385. The lowest BCUT2D eigenvalue weighted by Crippen LogP contribution is -2.12. The first kappa shape index (κ1) is 16.1. The first-order chi connectivity index (χ1) is 11.5. The van der Waals surface area contributed by atoms with E-state index in [4.69, 9.17) is 5.73 Å². The second-order valence-corrected chi connectivity index (χ2v) is 6.33. The van der Waals surface area contributed by atoms with E-state index in [9.17, 15) is 4.79 Å². The monoisotopic (exact) mass is 318 g/mol. The molecule has 3 heteroatoms. The highest BCUT2D eigenvalue weighted by molar-refractivity contribution is 5.95. The number of carbonyl (C=O) groups is 1. The third-order valence-corrected chi connectivity index (χ3v) is 4.40. The van der Waals surface area contributed by atoms with Crippen molar-refractivity contribution in [2.75, 3.05) is 0 Å². The lowest BCUT2D eigenvalue weighted by Gasteiger charge is -2.13. The predicted molar refractivity (Wildman–Crippen MR) is 98.1 cm³/mol. The summed E-state index contributed by atoms with van der Waals surface area (Å²) >= 11 is 0. The van der Waals surface area contributed by atoms with E-state index >= 15 is 0 Å². The number of amides is 1. The van der Waals surface area contributed by atoms with Gasteiger partial charge in [0.25, 0.3) is 5.91 Å². The first-order valence-corrected chi connectivity index (χ1v) is 8.08. The number of primary amides is 1. The van der Waals surface area contributed by atoms with E-state index in [1.54, 1.807) is 0 Å². The van der Waals surface area contributed by atoms with Crippen LogP contribution in [-0.4, -0.2) is 10.5 Å². The molecule has 0 saturated carbocycles. The van der Waals surface area contributed by atoms with E-state index in [0.29, 0.717) is 12.1 Å². The zero-order valence-corrected chi connectivity index (χ0v) is 14.3. The van der Waals surface area contributed by atoms with Gasteiger partial charge in [0.05, 0.1) is 5.56 Å². The molecule has 24 heavy (non-hydrogen) atoms. The number of aryl methyl sites for hydroxylation is 2. The fourth-order valence-corrected chi connectivity index (χ4v) is 3.05. The molecule has 3 aromatic rings. The number of benzene rings is 2. The molecule has 2 N–H and O–H groups in total. The second kappa shape index (κ2) is 6.36. The van der Waals surface area contributed by atoms with Crippen molar-refractivity contribution in [2.24, 2.45) is 5.73 Å². The van der Waals surface area contributed by atoms with Crippen LogP contribution >= 0.6 is 0 Å². The van der Waals surface area contributed by atoms with Gasteiger partial charge in [-0.05, 0) is 38.0 Å². The van der Waals surface area contributed by atoms with Gasteiger partial charge in [-0.2, -0.15) is 0 Å². The number of hydrogen-bond donors (Lipinski definition) is 1. The van der Waals surface area contributed by atoms with Crippen LogP contribution < -0.4 is 5.73 Å². The van der Waals surface area contributed by atoms with E-state index in [1.807, 2.05) is 13.0 Å². The van der Waals surface area contributed by atoms with E-state index in [2.05, 4.69) is 66.9 Å². The summed E-state index contributed by atoms with van der Waals surface area (Å²) in [5, 5.41) is 0. The quantitative estimate of drug-likeness (QED) is 0.769. The van der Waals surface area contributed by atoms with Gasteiger partial charge in [0.15, 0.2) is 0 Å². The number of nitrogens with two attached hydrogens (primary N) is 1. The molecule has 2 aromatic carbocycles. The van der Waals surface area contributed by atoms with Crippen LogP contribution in [0.5, 0.6) is 0 Å². The Kier molecular flexibility index (Phi) is 4.26. The van der Waals surface area contributed by atoms with Crippen molar-refractivity contribution in [2.45, 2.75) is 27.3 Å². The molecular formula is C21H22N2O. The molecule has 1 aromatic heterocycles. The van der Waals surface area contributed by atoms with Crippen LogP contribution in [0.25, 0.3) is 11.3 Å². The summed E-state index contributed by atoms with van der Waals surface area (Å²) in [7, 11) is 0. The third kappa shape index (κ3) is 3.11. The Morgan fingerprint density at radius 3 is 2.29 bits per heavy atom. The van der Waals surface area contributed by atoms with E-state index in [-0.39, 0.29) is 5.91 Å². The van der Waals surface area contributed by atoms with Gasteiger partial charge < -0.3 is 10.3 Å². The molecular weight excluding hydrogens is 296 g/mol. The Morgan fingerprint density at radius 1 is 0.958 bits per heavy atom. The minimum atomic E-state index is -0.385. The zero-order valence-electron chi connectivity index (χ0n) is 14.3. The fraction of sp³-hybridized carbons (Fsp3) is 0.190. The Labute approximate surface area is 142 Å². The van der Waals surface area contributed by atoms with Crippen molar-refractivity contribution in [1.82, 2.24) is 4.57 Å². The molecule has 1 amide bonds. The summed E-state index contributed by atoms with van der Waals surface area (Å²) in [5.41, 5.74) is 12.8. The van der Waals surface area contributed by atoms with Crippen LogP contribution in [0.4, 0.5) is 0 Å². The minimum Gasteiger partial charge on any atom is -0.366 e. The molecule has 0 radical (unpaired) electrons. The van der Waals surface area contributed by atoms with E-state index < -0.39 is 0 Å². The Hall–Kier alpha value is -2.81. The number of hydrogen-bond acceptors (Lipinski definition) is 1. The fourth-order valence-electron chi connectivity index (χ4n) is 3.05. The van der Waals surface area contributed by atoms with Crippen LogP contribution in [0, 0.1) is 20.8 Å².